The zero-order valence-electron chi connectivity index (χ0n) is 63.5. The predicted molar refractivity (Wildman–Crippen MR) is 491 cm³/mol. The van der Waals surface area contributed by atoms with E-state index in [1.165, 1.54) is 134 Å². The van der Waals surface area contributed by atoms with Crippen LogP contribution in [0.4, 0.5) is 0 Å². The van der Waals surface area contributed by atoms with Crippen LogP contribution in [-0.4, -0.2) is 15.0 Å². The molecule has 0 aliphatic rings. The molecule has 21 rings (SSSR count). The van der Waals surface area contributed by atoms with Gasteiger partial charge in [-0.3, -0.25) is 0 Å². The van der Waals surface area contributed by atoms with E-state index in [1.54, 1.807) is 34.0 Å². The molecule has 0 fully saturated rings. The molecule has 0 aliphatic carbocycles. The van der Waals surface area contributed by atoms with Crippen molar-refractivity contribution in [3.63, 3.8) is 0 Å². The van der Waals surface area contributed by atoms with Crippen LogP contribution in [-0.2, 0) is 0 Å². The maximum Gasteiger partial charge on any atom is 0.0987 e. The second-order valence-corrected chi connectivity index (χ2v) is 31.0. The summed E-state index contributed by atoms with van der Waals surface area (Å²) in [5.41, 5.74) is 42.1. The number of hydrogen-bond acceptors (Lipinski definition) is 6. The standard InChI is InChI=1S/C36H27N3.C36H24O3.C36H24S3/c3*1-4-10-25(11-5-1)31-19-37-22-34(31)28-16-29(35-23-38-20-32(35)26-12-6-2-7-13-26)18-30(17-28)36-24-39-21-33(36)27-14-8-3-9-15-27/h1-24,37-39H;2*1-24H. The summed E-state index contributed by atoms with van der Waals surface area (Å²) in [4.78, 5) is 10.1. The molecule has 0 saturated heterocycles. The molecule has 0 amide bonds. The highest BCUT2D eigenvalue weighted by atomic mass is 32.1. The molecule has 117 heavy (non-hydrogen) atoms. The summed E-state index contributed by atoms with van der Waals surface area (Å²) in [5.74, 6) is 0. The largest absolute Gasteiger partial charge is 0.471 e. The number of aromatic amines is 3. The van der Waals surface area contributed by atoms with Gasteiger partial charge in [-0.25, -0.2) is 0 Å². The van der Waals surface area contributed by atoms with Gasteiger partial charge in [-0.1, -0.05) is 273 Å². The van der Waals surface area contributed by atoms with Gasteiger partial charge in [-0.05, 0) is 187 Å². The molecule has 0 atom stereocenters. The summed E-state index contributed by atoms with van der Waals surface area (Å²) in [6, 6.07) is 116. The van der Waals surface area contributed by atoms with Gasteiger partial charge < -0.3 is 28.2 Å². The van der Waals surface area contributed by atoms with E-state index >= 15 is 0 Å². The highest BCUT2D eigenvalue weighted by Gasteiger charge is 2.23. The molecule has 0 saturated carbocycles. The first-order valence-corrected chi connectivity index (χ1v) is 41.7. The Bertz CT molecular complexity index is 5490. The maximum atomic E-state index is 5.76. The Labute approximate surface area is 692 Å². The van der Waals surface area contributed by atoms with E-state index in [1.807, 2.05) is 92.2 Å². The van der Waals surface area contributed by atoms with Crippen molar-refractivity contribution in [3.05, 3.63) is 435 Å². The monoisotopic (exact) mass is 1560 g/mol. The first-order chi connectivity index (χ1) is 58.0. The van der Waals surface area contributed by atoms with Gasteiger partial charge in [0.25, 0.3) is 0 Å². The van der Waals surface area contributed by atoms with Crippen molar-refractivity contribution in [1.82, 2.24) is 15.0 Å². The van der Waals surface area contributed by atoms with E-state index in [0.29, 0.717) is 0 Å². The van der Waals surface area contributed by atoms with Crippen molar-refractivity contribution in [2.45, 2.75) is 0 Å². The molecule has 9 aromatic heterocycles. The van der Waals surface area contributed by atoms with Crippen molar-refractivity contribution < 1.29 is 13.3 Å². The average Bonchev–Trinajstić information content (AvgIpc) is 1.69. The summed E-state index contributed by atoms with van der Waals surface area (Å²) >= 11 is 5.30. The van der Waals surface area contributed by atoms with Crippen LogP contribution in [0.5, 0.6) is 0 Å². The lowest BCUT2D eigenvalue weighted by molar-refractivity contribution is 0.569. The van der Waals surface area contributed by atoms with Crippen LogP contribution in [0.3, 0.4) is 0 Å². The third-order valence-electron chi connectivity index (χ3n) is 21.6. The average molecular weight is 1560 g/mol. The summed E-state index contributed by atoms with van der Waals surface area (Å²) in [6.45, 7) is 0. The number of benzene rings is 12. The Morgan fingerprint density at radius 2 is 0.265 bits per heavy atom. The Hall–Kier alpha value is -14.6. The SMILES string of the molecule is c1ccc(-c2c[nH]cc2-c2cc(-c3c[nH]cc3-c3ccccc3)cc(-c3c[nH]cc3-c3ccccc3)c2)cc1.c1ccc(-c2cocc2-c2cc(-c3cocc3-c3ccccc3)cc(-c3cocc3-c3ccccc3)c2)cc1.c1ccc(-c2cscc2-c2cc(-c3cscc3-c3ccccc3)cc(-c3cscc3-c3ccccc3)c2)cc1. The second-order valence-electron chi connectivity index (χ2n) is 28.7. The number of rotatable bonds is 18. The van der Waals surface area contributed by atoms with Crippen LogP contribution in [0.25, 0.3) is 200 Å². The van der Waals surface area contributed by atoms with Crippen LogP contribution >= 0.6 is 34.0 Å². The van der Waals surface area contributed by atoms with Gasteiger partial charge in [-0.15, -0.1) is 0 Å². The number of aromatic nitrogens is 3. The van der Waals surface area contributed by atoms with Crippen LogP contribution in [0.15, 0.2) is 448 Å². The smallest absolute Gasteiger partial charge is 0.0987 e. The van der Waals surface area contributed by atoms with Crippen molar-refractivity contribution in [2.75, 3.05) is 0 Å². The normalized spacial score (nSPS) is 11.1. The fraction of sp³-hybridized carbons (Fsp3) is 0. The zero-order valence-corrected chi connectivity index (χ0v) is 66.0. The molecule has 558 valence electrons. The van der Waals surface area contributed by atoms with E-state index < -0.39 is 0 Å². The topological polar surface area (TPSA) is 86.8 Å². The van der Waals surface area contributed by atoms with Gasteiger partial charge in [0.1, 0.15) is 0 Å². The number of nitrogens with one attached hydrogen (secondary N) is 3. The highest BCUT2D eigenvalue weighted by molar-refractivity contribution is 7.09. The summed E-state index contributed by atoms with van der Waals surface area (Å²) in [7, 11) is 0. The van der Waals surface area contributed by atoms with Crippen LogP contribution < -0.4 is 0 Å². The molecule has 21 aromatic rings. The van der Waals surface area contributed by atoms with Gasteiger partial charge in [0.05, 0.1) is 37.6 Å². The van der Waals surface area contributed by atoms with Gasteiger partial charge in [-0.2, -0.15) is 34.0 Å². The molecule has 0 spiro atoms. The molecule has 12 aromatic carbocycles. The first-order valence-electron chi connectivity index (χ1n) is 38.9. The minimum absolute atomic E-state index is 1.03. The fourth-order valence-corrected chi connectivity index (χ4v) is 18.4. The summed E-state index contributed by atoms with van der Waals surface area (Å²) in [6.07, 6.45) is 23.5. The van der Waals surface area contributed by atoms with Crippen molar-refractivity contribution in [1.29, 1.82) is 0 Å². The van der Waals surface area contributed by atoms with Gasteiger partial charge in [0.2, 0.25) is 0 Å². The van der Waals surface area contributed by atoms with Crippen LogP contribution in [0, 0.1) is 0 Å². The molecule has 9 heterocycles. The van der Waals surface area contributed by atoms with E-state index in [0.717, 1.165) is 66.8 Å². The minimum atomic E-state index is 1.03. The van der Waals surface area contributed by atoms with Crippen molar-refractivity contribution >= 4 is 34.0 Å². The fourth-order valence-electron chi connectivity index (χ4n) is 15.8. The quantitative estimate of drug-likeness (QED) is 0.0800. The van der Waals surface area contributed by atoms with Gasteiger partial charge >= 0.3 is 0 Å². The summed E-state index contributed by atoms with van der Waals surface area (Å²) in [5, 5.41) is 13.7. The molecule has 6 nitrogen and oxygen atoms in total. The van der Waals surface area contributed by atoms with Crippen molar-refractivity contribution in [3.8, 4) is 200 Å². The Balaban J connectivity index is 0.000000117. The minimum Gasteiger partial charge on any atom is -0.471 e. The van der Waals surface area contributed by atoms with E-state index in [-0.39, 0.29) is 0 Å². The molecular formula is C108H75N3O3S3. The van der Waals surface area contributed by atoms with Crippen LogP contribution in [0.2, 0.25) is 0 Å². The third-order valence-corrected chi connectivity index (χ3v) is 23.8. The molecule has 0 bridgehead atoms. The highest BCUT2D eigenvalue weighted by Crippen LogP contribution is 2.49. The third kappa shape index (κ3) is 15.4. The maximum absolute atomic E-state index is 5.76. The first kappa shape index (κ1) is 72.6. The Morgan fingerprint density at radius 3 is 0.453 bits per heavy atom. The van der Waals surface area contributed by atoms with Crippen LogP contribution in [0.1, 0.15) is 0 Å². The van der Waals surface area contributed by atoms with E-state index in [2.05, 4.69) is 357 Å². The van der Waals surface area contributed by atoms with Gasteiger partial charge in [0, 0.05) is 137 Å². The summed E-state index contributed by atoms with van der Waals surface area (Å²) < 4.78 is 17.3. The molecule has 0 radical (unpaired) electrons. The lowest BCUT2D eigenvalue weighted by atomic mass is 9.89. The molecule has 3 N–H and O–H groups in total. The molecular weight excluding hydrogens is 1480 g/mol. The number of thiophene rings is 3. The lowest BCUT2D eigenvalue weighted by Gasteiger charge is -2.13. The second kappa shape index (κ2) is 33.6. The van der Waals surface area contributed by atoms with Crippen molar-refractivity contribution in [2.24, 2.45) is 0 Å². The molecule has 0 unspecified atom stereocenters. The number of H-pyrrole nitrogens is 3. The zero-order chi connectivity index (χ0) is 78.1. The molecule has 9 heteroatoms. The van der Waals surface area contributed by atoms with E-state index in [4.69, 9.17) is 13.3 Å². The number of furan rings is 3. The molecule has 0 aliphatic heterocycles. The Kier molecular flexibility index (Phi) is 20.9. The van der Waals surface area contributed by atoms with E-state index in [9.17, 15) is 0 Å². The predicted octanol–water partition coefficient (Wildman–Crippen LogP) is 32.0. The van der Waals surface area contributed by atoms with Gasteiger partial charge in [0.15, 0.2) is 0 Å². The Morgan fingerprint density at radius 1 is 0.137 bits per heavy atom. The number of hydrogen-bond donors (Lipinski definition) is 3. The lowest BCUT2D eigenvalue weighted by Crippen LogP contribution is -1.88.